The second kappa shape index (κ2) is 7.12. The van der Waals surface area contributed by atoms with Crippen LogP contribution in [-0.2, 0) is 10.0 Å². The number of sulfonamides is 1. The van der Waals surface area contributed by atoms with Crippen LogP contribution in [0.1, 0.15) is 56.4 Å². The van der Waals surface area contributed by atoms with Gasteiger partial charge in [0.25, 0.3) is 0 Å². The van der Waals surface area contributed by atoms with Crippen LogP contribution in [0.2, 0.25) is 0 Å². The van der Waals surface area contributed by atoms with Crippen LogP contribution in [0.4, 0.5) is 0 Å². The zero-order valence-electron chi connectivity index (χ0n) is 15.9. The molecule has 0 saturated heterocycles. The SMILES string of the molecule is O=S(=O)(CC1CCC(c2ccnc3cnc4[nH]ccc4c23)CC1)NC1CCC1. The maximum atomic E-state index is 12.4. The van der Waals surface area contributed by atoms with E-state index >= 15 is 0 Å². The van der Waals surface area contributed by atoms with Gasteiger partial charge in [-0.25, -0.2) is 18.1 Å². The molecule has 0 bridgehead atoms. The Morgan fingerprint density at radius 2 is 1.89 bits per heavy atom. The molecule has 0 atom stereocenters. The lowest BCUT2D eigenvalue weighted by atomic mass is 9.78. The molecule has 2 aliphatic rings. The van der Waals surface area contributed by atoms with Gasteiger partial charge in [0.2, 0.25) is 10.0 Å². The number of nitrogens with zero attached hydrogens (tertiary/aromatic N) is 2. The van der Waals surface area contributed by atoms with Crippen molar-refractivity contribution in [3.05, 3.63) is 36.3 Å². The van der Waals surface area contributed by atoms with Crippen molar-refractivity contribution in [3.8, 4) is 0 Å². The molecule has 2 saturated carbocycles. The fourth-order valence-corrected chi connectivity index (χ4v) is 6.59. The highest BCUT2D eigenvalue weighted by Crippen LogP contribution is 2.40. The number of hydrogen-bond acceptors (Lipinski definition) is 4. The number of H-pyrrole nitrogens is 1. The topological polar surface area (TPSA) is 87.7 Å². The molecular weight excluding hydrogens is 372 g/mol. The lowest BCUT2D eigenvalue weighted by molar-refractivity contribution is 0.344. The molecule has 6 nitrogen and oxygen atoms in total. The monoisotopic (exact) mass is 398 g/mol. The van der Waals surface area contributed by atoms with Gasteiger partial charge in [-0.15, -0.1) is 0 Å². The van der Waals surface area contributed by atoms with Gasteiger partial charge in [0.15, 0.2) is 0 Å². The van der Waals surface area contributed by atoms with E-state index in [9.17, 15) is 8.42 Å². The summed E-state index contributed by atoms with van der Waals surface area (Å²) in [6, 6.07) is 4.39. The lowest BCUT2D eigenvalue weighted by Gasteiger charge is -2.31. The maximum absolute atomic E-state index is 12.4. The molecular formula is C21H26N4O2S. The fraction of sp³-hybridized carbons (Fsp3) is 0.524. The summed E-state index contributed by atoms with van der Waals surface area (Å²) in [4.78, 5) is 12.1. The van der Waals surface area contributed by atoms with Crippen molar-refractivity contribution in [3.63, 3.8) is 0 Å². The van der Waals surface area contributed by atoms with E-state index in [0.29, 0.717) is 5.92 Å². The van der Waals surface area contributed by atoms with Crippen LogP contribution >= 0.6 is 0 Å². The Morgan fingerprint density at radius 3 is 2.64 bits per heavy atom. The van der Waals surface area contributed by atoms with Crippen LogP contribution in [0, 0.1) is 5.92 Å². The average molecular weight is 399 g/mol. The molecule has 2 N–H and O–H groups in total. The number of nitrogens with one attached hydrogen (secondary N) is 2. The Kier molecular flexibility index (Phi) is 4.59. The number of hydrogen-bond donors (Lipinski definition) is 2. The van der Waals surface area contributed by atoms with E-state index in [1.807, 2.05) is 18.6 Å². The number of aromatic nitrogens is 3. The van der Waals surface area contributed by atoms with E-state index in [1.165, 1.54) is 10.9 Å². The van der Waals surface area contributed by atoms with Gasteiger partial charge in [0, 0.05) is 29.2 Å². The van der Waals surface area contributed by atoms with Crippen LogP contribution in [0.15, 0.2) is 30.7 Å². The highest BCUT2D eigenvalue weighted by molar-refractivity contribution is 7.89. The summed E-state index contributed by atoms with van der Waals surface area (Å²) in [6.45, 7) is 0. The van der Waals surface area contributed by atoms with E-state index in [-0.39, 0.29) is 17.7 Å². The largest absolute Gasteiger partial charge is 0.346 e. The van der Waals surface area contributed by atoms with Crippen molar-refractivity contribution in [1.29, 1.82) is 0 Å². The average Bonchev–Trinajstić information content (AvgIpc) is 3.14. The molecule has 7 heteroatoms. The molecule has 0 unspecified atom stereocenters. The Balaban J connectivity index is 1.32. The van der Waals surface area contributed by atoms with Gasteiger partial charge >= 0.3 is 0 Å². The lowest BCUT2D eigenvalue weighted by Crippen LogP contribution is -2.42. The Labute approximate surface area is 165 Å². The van der Waals surface area contributed by atoms with Crippen LogP contribution in [-0.4, -0.2) is 35.2 Å². The number of rotatable bonds is 5. The van der Waals surface area contributed by atoms with Gasteiger partial charge in [-0.3, -0.25) is 4.98 Å². The number of aromatic amines is 1. The van der Waals surface area contributed by atoms with Gasteiger partial charge in [-0.1, -0.05) is 6.42 Å². The van der Waals surface area contributed by atoms with E-state index in [2.05, 4.69) is 31.8 Å². The van der Waals surface area contributed by atoms with Crippen LogP contribution in [0.5, 0.6) is 0 Å². The molecule has 2 fully saturated rings. The predicted molar refractivity (Wildman–Crippen MR) is 111 cm³/mol. The first-order valence-corrected chi connectivity index (χ1v) is 11.9. The highest BCUT2D eigenvalue weighted by atomic mass is 32.2. The third-order valence-electron chi connectivity index (χ3n) is 6.52. The molecule has 0 aromatic carbocycles. The van der Waals surface area contributed by atoms with E-state index in [0.717, 1.165) is 61.5 Å². The first-order valence-electron chi connectivity index (χ1n) is 10.3. The van der Waals surface area contributed by atoms with E-state index < -0.39 is 10.0 Å². The molecule has 0 radical (unpaired) electrons. The number of pyridine rings is 2. The van der Waals surface area contributed by atoms with Crippen molar-refractivity contribution >= 4 is 32.0 Å². The first-order chi connectivity index (χ1) is 13.6. The third-order valence-corrected chi connectivity index (χ3v) is 8.12. The van der Waals surface area contributed by atoms with Crippen molar-refractivity contribution < 1.29 is 8.42 Å². The molecule has 2 aliphatic carbocycles. The van der Waals surface area contributed by atoms with E-state index in [4.69, 9.17) is 0 Å². The summed E-state index contributed by atoms with van der Waals surface area (Å²) in [6.07, 6.45) is 12.7. The summed E-state index contributed by atoms with van der Waals surface area (Å²) in [7, 11) is -3.15. The molecule has 0 spiro atoms. The minimum absolute atomic E-state index is 0.182. The Hall–Kier alpha value is -1.99. The van der Waals surface area contributed by atoms with E-state index in [1.54, 1.807) is 0 Å². The second-order valence-electron chi connectivity index (χ2n) is 8.40. The number of fused-ring (bicyclic) bond motifs is 3. The van der Waals surface area contributed by atoms with Crippen molar-refractivity contribution in [2.75, 3.05) is 5.75 Å². The smallest absolute Gasteiger partial charge is 0.212 e. The molecule has 0 aliphatic heterocycles. The Bertz CT molecular complexity index is 1100. The Morgan fingerprint density at radius 1 is 1.07 bits per heavy atom. The molecule has 3 aromatic heterocycles. The fourth-order valence-electron chi connectivity index (χ4n) is 4.80. The summed E-state index contributed by atoms with van der Waals surface area (Å²) in [5, 5.41) is 2.31. The van der Waals surface area contributed by atoms with Gasteiger partial charge < -0.3 is 4.98 Å². The van der Waals surface area contributed by atoms with Gasteiger partial charge in [-0.2, -0.15) is 0 Å². The summed E-state index contributed by atoms with van der Waals surface area (Å²) in [5.74, 6) is 0.986. The van der Waals surface area contributed by atoms with Crippen LogP contribution in [0.3, 0.4) is 0 Å². The first kappa shape index (κ1) is 18.1. The van der Waals surface area contributed by atoms with Crippen LogP contribution in [0.25, 0.3) is 21.9 Å². The standard InChI is InChI=1S/C21H26N4O2S/c26-28(27,25-16-2-1-3-16)13-14-4-6-15(7-5-14)17-8-10-22-19-12-24-21-18(20(17)19)9-11-23-21/h8-12,14-16,25H,1-7,13H2,(H,23,24). The zero-order chi connectivity index (χ0) is 19.1. The summed E-state index contributed by atoms with van der Waals surface area (Å²) < 4.78 is 27.7. The van der Waals surface area contributed by atoms with Gasteiger partial charge in [-0.05, 0) is 68.1 Å². The van der Waals surface area contributed by atoms with Crippen molar-refractivity contribution in [2.24, 2.45) is 5.92 Å². The molecule has 5 rings (SSSR count). The van der Waals surface area contributed by atoms with Crippen molar-refractivity contribution in [2.45, 2.75) is 56.9 Å². The van der Waals surface area contributed by atoms with Gasteiger partial charge in [0.1, 0.15) is 5.65 Å². The maximum Gasteiger partial charge on any atom is 0.212 e. The third kappa shape index (κ3) is 3.42. The second-order valence-corrected chi connectivity index (χ2v) is 10.2. The molecule has 28 heavy (non-hydrogen) atoms. The van der Waals surface area contributed by atoms with Crippen molar-refractivity contribution in [1.82, 2.24) is 19.7 Å². The summed E-state index contributed by atoms with van der Waals surface area (Å²) >= 11 is 0. The minimum Gasteiger partial charge on any atom is -0.346 e. The molecule has 3 aromatic rings. The minimum atomic E-state index is -3.15. The normalized spacial score (nSPS) is 23.9. The summed E-state index contributed by atoms with van der Waals surface area (Å²) in [5.41, 5.74) is 3.15. The molecule has 3 heterocycles. The predicted octanol–water partition coefficient (Wildman–Crippen LogP) is 3.86. The van der Waals surface area contributed by atoms with Crippen LogP contribution < -0.4 is 4.72 Å². The van der Waals surface area contributed by atoms with Gasteiger partial charge in [0.05, 0.1) is 17.5 Å². The quantitative estimate of drug-likeness (QED) is 0.683. The highest BCUT2D eigenvalue weighted by Gasteiger charge is 2.30. The molecule has 0 amide bonds. The molecule has 148 valence electrons. The zero-order valence-corrected chi connectivity index (χ0v) is 16.7.